The van der Waals surface area contributed by atoms with E-state index in [0.29, 0.717) is 70.8 Å². The van der Waals surface area contributed by atoms with Gasteiger partial charge in [-0.1, -0.05) is 30.3 Å². The molecule has 12 nitrogen and oxygen atoms in total. The van der Waals surface area contributed by atoms with Crippen molar-refractivity contribution in [1.29, 1.82) is 0 Å². The lowest BCUT2D eigenvalue weighted by Gasteiger charge is -2.43. The summed E-state index contributed by atoms with van der Waals surface area (Å²) in [4.78, 5) is 44.0. The van der Waals surface area contributed by atoms with Crippen molar-refractivity contribution in [3.05, 3.63) is 47.2 Å². The van der Waals surface area contributed by atoms with Crippen LogP contribution in [-0.4, -0.2) is 115 Å². The van der Waals surface area contributed by atoms with Crippen LogP contribution in [0.1, 0.15) is 56.9 Å². The number of piperazine rings is 1. The predicted molar refractivity (Wildman–Crippen MR) is 169 cm³/mol. The maximum absolute atomic E-state index is 13.1. The summed E-state index contributed by atoms with van der Waals surface area (Å²) in [6.45, 7) is 10.4. The van der Waals surface area contributed by atoms with Gasteiger partial charge in [0, 0.05) is 51.5 Å². The first-order valence-corrected chi connectivity index (χ1v) is 16.0. The molecule has 3 aliphatic rings. The molecule has 246 valence electrons. The van der Waals surface area contributed by atoms with Gasteiger partial charge >= 0.3 is 18.2 Å². The zero-order valence-corrected chi connectivity index (χ0v) is 27.4. The molecule has 0 unspecified atom stereocenters. The summed E-state index contributed by atoms with van der Waals surface area (Å²) >= 11 is 0. The zero-order chi connectivity index (χ0) is 32.0. The largest absolute Gasteiger partial charge is 0.462 e. The number of likely N-dealkylation sites (tertiary alicyclic amines) is 1. The van der Waals surface area contributed by atoms with E-state index in [4.69, 9.17) is 28.9 Å². The molecule has 12 heteroatoms. The van der Waals surface area contributed by atoms with Crippen LogP contribution in [0, 0.1) is 0 Å². The highest BCUT2D eigenvalue weighted by Crippen LogP contribution is 2.31. The topological polar surface area (TPSA) is 110 Å². The van der Waals surface area contributed by atoms with Crippen molar-refractivity contribution in [2.24, 2.45) is 0 Å². The first-order chi connectivity index (χ1) is 21.6. The van der Waals surface area contributed by atoms with Crippen LogP contribution in [-0.2, 0) is 33.8 Å². The molecule has 2 saturated heterocycles. The van der Waals surface area contributed by atoms with Gasteiger partial charge in [0.05, 0.1) is 18.3 Å². The van der Waals surface area contributed by atoms with Gasteiger partial charge in [-0.2, -0.15) is 9.97 Å². The third-order valence-corrected chi connectivity index (χ3v) is 8.63. The molecule has 45 heavy (non-hydrogen) atoms. The van der Waals surface area contributed by atoms with Crippen molar-refractivity contribution >= 4 is 18.0 Å². The van der Waals surface area contributed by atoms with Crippen LogP contribution in [0.5, 0.6) is 6.01 Å². The Bertz CT molecular complexity index is 1300. The van der Waals surface area contributed by atoms with E-state index in [-0.39, 0.29) is 24.8 Å². The standard InChI is InChI=1S/C33H48N6O6/c1-33(2,3)45-32(41)39-18-17-37(20-25(39)14-19-42-5)29-27-13-16-38(31(40)44-22-24-10-7-6-8-11-24)21-28(27)34-30(35-29)43-23-26-12-9-15-36(26)4/h6-8,10-11,25-26H,9,12-23H2,1-5H3/t25-,26-/m0/s1. The van der Waals surface area contributed by atoms with E-state index in [1.807, 2.05) is 56.0 Å². The van der Waals surface area contributed by atoms with Gasteiger partial charge in [-0.25, -0.2) is 9.59 Å². The molecule has 0 radical (unpaired) electrons. The van der Waals surface area contributed by atoms with E-state index < -0.39 is 5.60 Å². The Morgan fingerprint density at radius 1 is 1.00 bits per heavy atom. The van der Waals surface area contributed by atoms with Gasteiger partial charge in [-0.3, -0.25) is 0 Å². The summed E-state index contributed by atoms with van der Waals surface area (Å²) in [5.74, 6) is 0.804. The molecule has 0 saturated carbocycles. The predicted octanol–water partition coefficient (Wildman–Crippen LogP) is 4.11. The Balaban J connectivity index is 1.36. The van der Waals surface area contributed by atoms with Crippen LogP contribution in [0.25, 0.3) is 0 Å². The smallest absolute Gasteiger partial charge is 0.410 e. The number of ether oxygens (including phenoxy) is 4. The number of hydrogen-bond donors (Lipinski definition) is 0. The number of rotatable bonds is 9. The first-order valence-electron chi connectivity index (χ1n) is 16.0. The Morgan fingerprint density at radius 2 is 1.80 bits per heavy atom. The maximum atomic E-state index is 13.1. The Labute approximate surface area is 266 Å². The highest BCUT2D eigenvalue weighted by molar-refractivity contribution is 5.70. The fourth-order valence-electron chi connectivity index (χ4n) is 6.15. The number of methoxy groups -OCH3 is 1. The number of anilines is 1. The Hall–Kier alpha value is -3.64. The molecule has 3 aliphatic heterocycles. The van der Waals surface area contributed by atoms with Crippen molar-refractivity contribution in [1.82, 2.24) is 24.7 Å². The highest BCUT2D eigenvalue weighted by atomic mass is 16.6. The van der Waals surface area contributed by atoms with E-state index in [1.165, 1.54) is 0 Å². The molecule has 0 aliphatic carbocycles. The summed E-state index contributed by atoms with van der Waals surface area (Å²) < 4.78 is 23.0. The van der Waals surface area contributed by atoms with Gasteiger partial charge in [0.2, 0.25) is 0 Å². The minimum absolute atomic E-state index is 0.122. The minimum Gasteiger partial charge on any atom is -0.462 e. The maximum Gasteiger partial charge on any atom is 0.410 e. The fourth-order valence-corrected chi connectivity index (χ4v) is 6.15. The lowest BCUT2D eigenvalue weighted by Crippen LogP contribution is -2.57. The average molecular weight is 625 g/mol. The average Bonchev–Trinajstić information content (AvgIpc) is 3.44. The van der Waals surface area contributed by atoms with Crippen LogP contribution < -0.4 is 9.64 Å². The molecule has 1 aromatic heterocycles. The Morgan fingerprint density at radius 3 is 2.51 bits per heavy atom. The third-order valence-electron chi connectivity index (χ3n) is 8.63. The summed E-state index contributed by atoms with van der Waals surface area (Å²) in [7, 11) is 3.78. The molecule has 4 heterocycles. The number of fused-ring (bicyclic) bond motifs is 1. The summed E-state index contributed by atoms with van der Waals surface area (Å²) in [5, 5.41) is 0. The number of likely N-dealkylation sites (N-methyl/N-ethyl adjacent to an activating group) is 1. The van der Waals surface area contributed by atoms with Crippen LogP contribution in [0.15, 0.2) is 30.3 Å². The van der Waals surface area contributed by atoms with E-state index in [1.54, 1.807) is 12.0 Å². The molecular formula is C33H48N6O6. The molecule has 1 aromatic carbocycles. The van der Waals surface area contributed by atoms with Crippen LogP contribution >= 0.6 is 0 Å². The number of nitrogens with zero attached hydrogens (tertiary/aromatic N) is 6. The van der Waals surface area contributed by atoms with Crippen molar-refractivity contribution < 1.29 is 28.5 Å². The summed E-state index contributed by atoms with van der Waals surface area (Å²) in [5.41, 5.74) is 2.12. The number of benzene rings is 1. The van der Waals surface area contributed by atoms with Crippen molar-refractivity contribution in [3.8, 4) is 6.01 Å². The van der Waals surface area contributed by atoms with Crippen LogP contribution in [0.3, 0.4) is 0 Å². The van der Waals surface area contributed by atoms with E-state index >= 15 is 0 Å². The SMILES string of the molecule is COCC[C@H]1CN(c2nc(OC[C@@H]3CCCN3C)nc3c2CCN(C(=O)OCc2ccccc2)C3)CCN1C(=O)OC(C)(C)C. The van der Waals surface area contributed by atoms with Gasteiger partial charge < -0.3 is 38.5 Å². The fraction of sp³-hybridized carbons (Fsp3) is 0.636. The first kappa shape index (κ1) is 32.7. The molecule has 2 atom stereocenters. The summed E-state index contributed by atoms with van der Waals surface area (Å²) in [6, 6.07) is 10.2. The van der Waals surface area contributed by atoms with Gasteiger partial charge in [0.1, 0.15) is 24.6 Å². The second-order valence-corrected chi connectivity index (χ2v) is 13.1. The number of carbonyl (C=O) groups excluding carboxylic acids is 2. The van der Waals surface area contributed by atoms with Gasteiger partial charge in [0.25, 0.3) is 0 Å². The normalized spacial score (nSPS) is 20.6. The lowest BCUT2D eigenvalue weighted by molar-refractivity contribution is 0.0105. The molecule has 2 amide bonds. The number of hydrogen-bond acceptors (Lipinski definition) is 10. The van der Waals surface area contributed by atoms with Gasteiger partial charge in [0.15, 0.2) is 0 Å². The van der Waals surface area contributed by atoms with Gasteiger partial charge in [-0.15, -0.1) is 0 Å². The molecular weight excluding hydrogens is 576 g/mol. The molecule has 2 aromatic rings. The minimum atomic E-state index is -0.584. The van der Waals surface area contributed by atoms with E-state index in [0.717, 1.165) is 42.0 Å². The quantitative estimate of drug-likeness (QED) is 0.404. The van der Waals surface area contributed by atoms with Gasteiger partial charge in [-0.05, 0) is 65.6 Å². The van der Waals surface area contributed by atoms with Crippen molar-refractivity contribution in [3.63, 3.8) is 0 Å². The van der Waals surface area contributed by atoms with Crippen LogP contribution in [0.4, 0.5) is 15.4 Å². The number of aromatic nitrogens is 2. The van der Waals surface area contributed by atoms with Crippen LogP contribution in [0.2, 0.25) is 0 Å². The second kappa shape index (κ2) is 14.6. The zero-order valence-electron chi connectivity index (χ0n) is 27.4. The molecule has 5 rings (SSSR count). The highest BCUT2D eigenvalue weighted by Gasteiger charge is 2.36. The number of amides is 2. The Kier molecular flexibility index (Phi) is 10.7. The molecule has 0 N–H and O–H groups in total. The molecule has 0 spiro atoms. The lowest BCUT2D eigenvalue weighted by atomic mass is 10.0. The monoisotopic (exact) mass is 624 g/mol. The van der Waals surface area contributed by atoms with E-state index in [9.17, 15) is 9.59 Å². The van der Waals surface area contributed by atoms with Crippen molar-refractivity contribution in [2.75, 3.05) is 65.0 Å². The molecule has 2 fully saturated rings. The number of carbonyl (C=O) groups is 2. The van der Waals surface area contributed by atoms with E-state index in [2.05, 4.69) is 16.8 Å². The van der Waals surface area contributed by atoms with Crippen molar-refractivity contribution in [2.45, 2.75) is 77.3 Å². The summed E-state index contributed by atoms with van der Waals surface area (Å²) in [6.07, 6.45) is 2.78. The third kappa shape index (κ3) is 8.55. The second-order valence-electron chi connectivity index (χ2n) is 13.1. The molecule has 0 bridgehead atoms.